The van der Waals surface area contributed by atoms with Crippen LogP contribution in [-0.4, -0.2) is 38.1 Å². The molecule has 1 aliphatic heterocycles. The van der Waals surface area contributed by atoms with Gasteiger partial charge in [-0.1, -0.05) is 20.3 Å². The first-order valence-electron chi connectivity index (χ1n) is 6.69. The van der Waals surface area contributed by atoms with Crippen molar-refractivity contribution in [3.8, 4) is 0 Å². The third-order valence-corrected chi connectivity index (χ3v) is 3.63. The van der Waals surface area contributed by atoms with Crippen molar-refractivity contribution in [2.24, 2.45) is 11.8 Å². The molecule has 2 N–H and O–H groups in total. The van der Waals surface area contributed by atoms with Gasteiger partial charge in [0.2, 0.25) is 5.91 Å². The number of ether oxygens (including phenoxy) is 1. The highest BCUT2D eigenvalue weighted by Crippen LogP contribution is 2.13. The fourth-order valence-electron chi connectivity index (χ4n) is 2.14. The van der Waals surface area contributed by atoms with Gasteiger partial charge >= 0.3 is 5.97 Å². The molecule has 0 bridgehead atoms. The normalized spacial score (nSPS) is 21.7. The van der Waals surface area contributed by atoms with Crippen LogP contribution in [-0.2, 0) is 14.3 Å². The van der Waals surface area contributed by atoms with E-state index >= 15 is 0 Å². The summed E-state index contributed by atoms with van der Waals surface area (Å²) in [5, 5.41) is 6.03. The number of methoxy groups -OCH3 is 1. The third-order valence-electron chi connectivity index (χ3n) is 3.63. The van der Waals surface area contributed by atoms with Crippen molar-refractivity contribution in [3.05, 3.63) is 0 Å². The van der Waals surface area contributed by atoms with Crippen molar-refractivity contribution < 1.29 is 14.3 Å². The van der Waals surface area contributed by atoms with Crippen LogP contribution in [0.3, 0.4) is 0 Å². The quantitative estimate of drug-likeness (QED) is 0.745. The van der Waals surface area contributed by atoms with Gasteiger partial charge < -0.3 is 15.4 Å². The Morgan fingerprint density at radius 2 is 2.16 bits per heavy atom. The molecule has 3 atom stereocenters. The smallest absolute Gasteiger partial charge is 0.328 e. The number of halogens is 1. The topological polar surface area (TPSA) is 67.4 Å². The number of amides is 1. The van der Waals surface area contributed by atoms with Gasteiger partial charge in [-0.05, 0) is 25.3 Å². The molecule has 5 nitrogen and oxygen atoms in total. The van der Waals surface area contributed by atoms with Crippen LogP contribution in [0.1, 0.15) is 33.1 Å². The van der Waals surface area contributed by atoms with Crippen LogP contribution in [0.5, 0.6) is 0 Å². The van der Waals surface area contributed by atoms with Crippen molar-refractivity contribution in [3.63, 3.8) is 0 Å². The number of rotatable bonds is 5. The first-order valence-corrected chi connectivity index (χ1v) is 6.69. The van der Waals surface area contributed by atoms with Gasteiger partial charge in [0.1, 0.15) is 6.04 Å². The molecule has 1 rings (SSSR count). The summed E-state index contributed by atoms with van der Waals surface area (Å²) in [4.78, 5) is 23.8. The summed E-state index contributed by atoms with van der Waals surface area (Å²) in [6.07, 6.45) is 2.71. The minimum absolute atomic E-state index is 0. The first-order chi connectivity index (χ1) is 8.60. The summed E-state index contributed by atoms with van der Waals surface area (Å²) in [5.74, 6) is -0.354. The molecule has 1 unspecified atom stereocenters. The van der Waals surface area contributed by atoms with Crippen LogP contribution in [0, 0.1) is 11.8 Å². The van der Waals surface area contributed by atoms with E-state index in [4.69, 9.17) is 4.74 Å². The lowest BCUT2D eigenvalue weighted by molar-refractivity contribution is -0.147. The number of carbonyl (C=O) groups excluding carboxylic acids is 2. The average molecular weight is 293 g/mol. The van der Waals surface area contributed by atoms with Crippen molar-refractivity contribution >= 4 is 24.3 Å². The molecule has 0 saturated carbocycles. The molecule has 0 aromatic rings. The highest BCUT2D eigenvalue weighted by Gasteiger charge is 2.30. The van der Waals surface area contributed by atoms with Gasteiger partial charge in [-0.2, -0.15) is 0 Å². The van der Waals surface area contributed by atoms with Crippen LogP contribution >= 0.6 is 12.4 Å². The molecule has 1 fully saturated rings. The zero-order chi connectivity index (χ0) is 13.5. The van der Waals surface area contributed by atoms with Gasteiger partial charge in [0, 0.05) is 6.54 Å². The molecule has 0 aromatic carbocycles. The molecule has 1 heterocycles. The van der Waals surface area contributed by atoms with Crippen LogP contribution in [0.2, 0.25) is 0 Å². The Morgan fingerprint density at radius 3 is 2.63 bits per heavy atom. The lowest BCUT2D eigenvalue weighted by Crippen LogP contribution is -2.50. The fraction of sp³-hybridized carbons (Fsp3) is 0.846. The summed E-state index contributed by atoms with van der Waals surface area (Å²) in [7, 11) is 1.35. The van der Waals surface area contributed by atoms with E-state index in [0.29, 0.717) is 6.54 Å². The second-order valence-electron chi connectivity index (χ2n) is 4.94. The lowest BCUT2D eigenvalue weighted by atomic mass is 9.95. The van der Waals surface area contributed by atoms with E-state index in [-0.39, 0.29) is 36.1 Å². The predicted molar refractivity (Wildman–Crippen MR) is 76.2 cm³/mol. The zero-order valence-corrected chi connectivity index (χ0v) is 12.7. The Morgan fingerprint density at radius 1 is 1.47 bits per heavy atom. The number of hydrogen-bond acceptors (Lipinski definition) is 4. The van der Waals surface area contributed by atoms with E-state index in [1.165, 1.54) is 7.11 Å². The highest BCUT2D eigenvalue weighted by molar-refractivity contribution is 5.86. The SMILES string of the molecule is CC[C@H](C)[C@H](NC(=O)C1CCCNC1)C(=O)OC.Cl. The van der Waals surface area contributed by atoms with Gasteiger partial charge in [-0.3, -0.25) is 4.79 Å². The molecule has 0 radical (unpaired) electrons. The second-order valence-corrected chi connectivity index (χ2v) is 4.94. The van der Waals surface area contributed by atoms with Gasteiger partial charge in [0.05, 0.1) is 13.0 Å². The van der Waals surface area contributed by atoms with E-state index in [1.54, 1.807) is 0 Å². The number of carbonyl (C=O) groups is 2. The largest absolute Gasteiger partial charge is 0.467 e. The van der Waals surface area contributed by atoms with Gasteiger partial charge in [-0.25, -0.2) is 4.79 Å². The summed E-state index contributed by atoms with van der Waals surface area (Å²) in [5.41, 5.74) is 0. The summed E-state index contributed by atoms with van der Waals surface area (Å²) in [6, 6.07) is -0.533. The maximum atomic E-state index is 12.1. The Hall–Kier alpha value is -0.810. The fourth-order valence-corrected chi connectivity index (χ4v) is 2.14. The van der Waals surface area contributed by atoms with Crippen LogP contribution < -0.4 is 10.6 Å². The molecule has 112 valence electrons. The standard InChI is InChI=1S/C13H24N2O3.ClH/c1-4-9(2)11(13(17)18-3)15-12(16)10-6-5-7-14-8-10;/h9-11,14H,4-8H2,1-3H3,(H,15,16);1H/t9-,10?,11-;/m0./s1. The Balaban J connectivity index is 0.00000324. The zero-order valence-electron chi connectivity index (χ0n) is 11.9. The predicted octanol–water partition coefficient (Wildman–Crippen LogP) is 1.11. The van der Waals surface area contributed by atoms with Crippen molar-refractivity contribution in [1.29, 1.82) is 0 Å². The Labute approximate surface area is 121 Å². The molecular weight excluding hydrogens is 268 g/mol. The molecule has 0 aliphatic carbocycles. The van der Waals surface area contributed by atoms with Crippen LogP contribution in [0.4, 0.5) is 0 Å². The van der Waals surface area contributed by atoms with Gasteiger partial charge in [0.25, 0.3) is 0 Å². The lowest BCUT2D eigenvalue weighted by Gasteiger charge is -2.26. The average Bonchev–Trinajstić information content (AvgIpc) is 2.43. The van der Waals surface area contributed by atoms with Crippen molar-refractivity contribution in [2.75, 3.05) is 20.2 Å². The van der Waals surface area contributed by atoms with E-state index in [0.717, 1.165) is 25.8 Å². The summed E-state index contributed by atoms with van der Waals surface area (Å²) in [6.45, 7) is 5.60. The molecular formula is C13H25ClN2O3. The minimum atomic E-state index is -0.533. The minimum Gasteiger partial charge on any atom is -0.467 e. The van der Waals surface area contributed by atoms with Gasteiger partial charge in [0.15, 0.2) is 0 Å². The molecule has 6 heteroatoms. The van der Waals surface area contributed by atoms with Gasteiger partial charge in [-0.15, -0.1) is 12.4 Å². The number of hydrogen-bond donors (Lipinski definition) is 2. The molecule has 1 aliphatic rings. The van der Waals surface area contributed by atoms with E-state index in [1.807, 2.05) is 13.8 Å². The monoisotopic (exact) mass is 292 g/mol. The summed E-state index contributed by atoms with van der Waals surface area (Å²) < 4.78 is 4.75. The maximum absolute atomic E-state index is 12.1. The number of piperidine rings is 1. The molecule has 0 spiro atoms. The first kappa shape index (κ1) is 18.2. The van der Waals surface area contributed by atoms with E-state index < -0.39 is 6.04 Å². The van der Waals surface area contributed by atoms with Crippen molar-refractivity contribution in [1.82, 2.24) is 10.6 Å². The maximum Gasteiger partial charge on any atom is 0.328 e. The summed E-state index contributed by atoms with van der Waals surface area (Å²) >= 11 is 0. The number of nitrogens with one attached hydrogen (secondary N) is 2. The molecule has 19 heavy (non-hydrogen) atoms. The Kier molecular flexibility index (Phi) is 8.76. The highest BCUT2D eigenvalue weighted by atomic mass is 35.5. The van der Waals surface area contributed by atoms with E-state index in [9.17, 15) is 9.59 Å². The third kappa shape index (κ3) is 5.37. The van der Waals surface area contributed by atoms with Crippen molar-refractivity contribution in [2.45, 2.75) is 39.2 Å². The van der Waals surface area contributed by atoms with Crippen LogP contribution in [0.25, 0.3) is 0 Å². The molecule has 1 amide bonds. The van der Waals surface area contributed by atoms with E-state index in [2.05, 4.69) is 10.6 Å². The Bertz CT molecular complexity index is 294. The second kappa shape index (κ2) is 9.15. The molecule has 1 saturated heterocycles. The van der Waals surface area contributed by atoms with Crippen LogP contribution in [0.15, 0.2) is 0 Å². The molecule has 0 aromatic heterocycles. The number of esters is 1.